The Labute approximate surface area is 122 Å². The number of aryl methyl sites for hydroxylation is 1. The number of hydrazine groups is 1. The number of anilines is 1. The second-order valence-corrected chi connectivity index (χ2v) is 4.84. The van der Waals surface area contributed by atoms with E-state index in [1.807, 2.05) is 44.2 Å². The van der Waals surface area contributed by atoms with Crippen LogP contribution in [0.3, 0.4) is 0 Å². The van der Waals surface area contributed by atoms with Gasteiger partial charge in [0, 0.05) is 22.9 Å². The number of benzene rings is 1. The van der Waals surface area contributed by atoms with Crippen molar-refractivity contribution < 1.29 is 4.74 Å². The molecule has 0 bridgehead atoms. The molecule has 108 valence electrons. The first-order valence-corrected chi connectivity index (χ1v) is 6.62. The largest absolute Gasteiger partial charge is 0.497 e. The Hall–Kier alpha value is -2.60. The van der Waals surface area contributed by atoms with Gasteiger partial charge in [0.15, 0.2) is 5.65 Å². The molecule has 3 rings (SSSR count). The highest BCUT2D eigenvalue weighted by molar-refractivity contribution is 5.67. The monoisotopic (exact) mass is 283 g/mol. The molecule has 0 fully saturated rings. The quantitative estimate of drug-likeness (QED) is 0.569. The maximum absolute atomic E-state index is 5.62. The number of fused-ring (bicyclic) bond motifs is 1. The summed E-state index contributed by atoms with van der Waals surface area (Å²) in [4.78, 5) is 4.54. The van der Waals surface area contributed by atoms with Crippen molar-refractivity contribution in [3.05, 3.63) is 41.6 Å². The molecular weight excluding hydrogens is 266 g/mol. The molecule has 1 aromatic carbocycles. The van der Waals surface area contributed by atoms with Gasteiger partial charge in [-0.25, -0.2) is 10.8 Å². The van der Waals surface area contributed by atoms with Crippen LogP contribution in [0.2, 0.25) is 0 Å². The van der Waals surface area contributed by atoms with Gasteiger partial charge in [-0.15, -0.1) is 0 Å². The van der Waals surface area contributed by atoms with Gasteiger partial charge >= 0.3 is 0 Å². The van der Waals surface area contributed by atoms with Gasteiger partial charge in [0.2, 0.25) is 0 Å². The number of nitrogens with zero attached hydrogens (tertiary/aromatic N) is 3. The third-order valence-electron chi connectivity index (χ3n) is 3.61. The highest BCUT2D eigenvalue weighted by Gasteiger charge is 2.12. The zero-order valence-corrected chi connectivity index (χ0v) is 12.2. The Bertz CT molecular complexity index is 792. The van der Waals surface area contributed by atoms with Crippen molar-refractivity contribution in [3.63, 3.8) is 0 Å². The minimum Gasteiger partial charge on any atom is -0.497 e. The second kappa shape index (κ2) is 5.06. The molecule has 2 aromatic heterocycles. The Morgan fingerprint density at radius 3 is 2.52 bits per heavy atom. The van der Waals surface area contributed by atoms with Gasteiger partial charge in [-0.3, -0.25) is 0 Å². The number of hydrogen-bond donors (Lipinski definition) is 2. The number of aromatic nitrogens is 3. The molecule has 2 heterocycles. The Morgan fingerprint density at radius 1 is 1.19 bits per heavy atom. The highest BCUT2D eigenvalue weighted by Crippen LogP contribution is 2.25. The van der Waals surface area contributed by atoms with Gasteiger partial charge in [0.05, 0.1) is 12.8 Å². The molecule has 3 N–H and O–H groups in total. The van der Waals surface area contributed by atoms with Crippen LogP contribution in [-0.4, -0.2) is 21.7 Å². The lowest BCUT2D eigenvalue weighted by Crippen LogP contribution is -2.14. The predicted octanol–water partition coefficient (Wildman–Crippen LogP) is 2.31. The molecule has 6 heteroatoms. The fourth-order valence-corrected chi connectivity index (χ4v) is 2.27. The smallest absolute Gasteiger partial charge is 0.158 e. The van der Waals surface area contributed by atoms with E-state index >= 15 is 0 Å². The topological polar surface area (TPSA) is 77.5 Å². The van der Waals surface area contributed by atoms with Crippen LogP contribution in [0.1, 0.15) is 11.3 Å². The molecule has 3 aromatic rings. The molecule has 0 aliphatic heterocycles. The molecule has 6 nitrogen and oxygen atoms in total. The van der Waals surface area contributed by atoms with Gasteiger partial charge in [-0.2, -0.15) is 9.61 Å². The molecule has 0 aliphatic carbocycles. The van der Waals surface area contributed by atoms with Crippen molar-refractivity contribution >= 4 is 11.5 Å². The average molecular weight is 283 g/mol. The van der Waals surface area contributed by atoms with E-state index in [9.17, 15) is 0 Å². The maximum atomic E-state index is 5.62. The van der Waals surface area contributed by atoms with Crippen LogP contribution < -0.4 is 16.0 Å². The molecule has 0 aliphatic rings. The van der Waals surface area contributed by atoms with E-state index in [0.717, 1.165) is 39.7 Å². The predicted molar refractivity (Wildman–Crippen MR) is 82.3 cm³/mol. The van der Waals surface area contributed by atoms with Gasteiger partial charge in [-0.1, -0.05) is 0 Å². The number of methoxy groups -OCH3 is 1. The summed E-state index contributed by atoms with van der Waals surface area (Å²) in [7, 11) is 1.65. The van der Waals surface area contributed by atoms with Crippen LogP contribution in [0.25, 0.3) is 16.9 Å². The standard InChI is InChI=1S/C15H17N5O/c1-9-10(2)17-14-8-13(19-20(14)15(9)18-16)11-4-6-12(21-3)7-5-11/h4-8,18H,16H2,1-3H3. The van der Waals surface area contributed by atoms with Crippen molar-refractivity contribution in [2.24, 2.45) is 5.84 Å². The number of ether oxygens (including phenoxy) is 1. The van der Waals surface area contributed by atoms with Crippen LogP contribution >= 0.6 is 0 Å². The fourth-order valence-electron chi connectivity index (χ4n) is 2.27. The van der Waals surface area contributed by atoms with Crippen LogP contribution in [0.15, 0.2) is 30.3 Å². The summed E-state index contributed by atoms with van der Waals surface area (Å²) >= 11 is 0. The average Bonchev–Trinajstić information content (AvgIpc) is 2.92. The van der Waals surface area contributed by atoms with Crippen LogP contribution in [0, 0.1) is 13.8 Å². The zero-order valence-electron chi connectivity index (χ0n) is 12.2. The second-order valence-electron chi connectivity index (χ2n) is 4.84. The molecule has 0 saturated carbocycles. The fraction of sp³-hybridized carbons (Fsp3) is 0.200. The maximum Gasteiger partial charge on any atom is 0.158 e. The van der Waals surface area contributed by atoms with Gasteiger partial charge < -0.3 is 10.2 Å². The first-order valence-electron chi connectivity index (χ1n) is 6.62. The van der Waals surface area contributed by atoms with Crippen LogP contribution in [-0.2, 0) is 0 Å². The lowest BCUT2D eigenvalue weighted by molar-refractivity contribution is 0.415. The van der Waals surface area contributed by atoms with E-state index < -0.39 is 0 Å². The van der Waals surface area contributed by atoms with E-state index in [1.165, 1.54) is 0 Å². The lowest BCUT2D eigenvalue weighted by Gasteiger charge is -2.09. The zero-order chi connectivity index (χ0) is 15.0. The normalized spacial score (nSPS) is 10.9. The summed E-state index contributed by atoms with van der Waals surface area (Å²) < 4.78 is 6.89. The summed E-state index contributed by atoms with van der Waals surface area (Å²) in [5.74, 6) is 7.18. The first kappa shape index (κ1) is 13.4. The van der Waals surface area contributed by atoms with E-state index in [1.54, 1.807) is 11.6 Å². The Kier molecular flexibility index (Phi) is 3.23. The number of rotatable bonds is 3. The van der Waals surface area contributed by atoms with Crippen molar-refractivity contribution in [2.75, 3.05) is 12.5 Å². The molecule has 0 radical (unpaired) electrons. The number of nitrogens with one attached hydrogen (secondary N) is 1. The lowest BCUT2D eigenvalue weighted by atomic mass is 10.1. The molecular formula is C15H17N5O. The molecule has 0 spiro atoms. The molecule has 0 amide bonds. The summed E-state index contributed by atoms with van der Waals surface area (Å²) in [6, 6.07) is 9.69. The third-order valence-corrected chi connectivity index (χ3v) is 3.61. The van der Waals surface area contributed by atoms with Crippen molar-refractivity contribution in [1.82, 2.24) is 14.6 Å². The molecule has 0 atom stereocenters. The van der Waals surface area contributed by atoms with Crippen molar-refractivity contribution in [1.29, 1.82) is 0 Å². The van der Waals surface area contributed by atoms with Crippen LogP contribution in [0.5, 0.6) is 5.75 Å². The summed E-state index contributed by atoms with van der Waals surface area (Å²) in [5, 5.41) is 4.58. The SMILES string of the molecule is COc1ccc(-c2cc3nc(C)c(C)c(NN)n3n2)cc1. The summed E-state index contributed by atoms with van der Waals surface area (Å²) in [6.45, 7) is 3.92. The van der Waals surface area contributed by atoms with Gasteiger partial charge in [0.1, 0.15) is 11.6 Å². The van der Waals surface area contributed by atoms with E-state index in [4.69, 9.17) is 10.6 Å². The van der Waals surface area contributed by atoms with Gasteiger partial charge in [-0.05, 0) is 38.1 Å². The third kappa shape index (κ3) is 2.19. The van der Waals surface area contributed by atoms with E-state index in [0.29, 0.717) is 0 Å². The number of nitrogen functional groups attached to an aromatic ring is 1. The molecule has 0 saturated heterocycles. The van der Waals surface area contributed by atoms with Gasteiger partial charge in [0.25, 0.3) is 0 Å². The summed E-state index contributed by atoms with van der Waals surface area (Å²) in [6.07, 6.45) is 0. The van der Waals surface area contributed by atoms with Crippen molar-refractivity contribution in [3.8, 4) is 17.0 Å². The van der Waals surface area contributed by atoms with E-state index in [-0.39, 0.29) is 0 Å². The van der Waals surface area contributed by atoms with Crippen LogP contribution in [0.4, 0.5) is 5.82 Å². The van der Waals surface area contributed by atoms with E-state index in [2.05, 4.69) is 15.5 Å². The Morgan fingerprint density at radius 2 is 1.90 bits per heavy atom. The molecule has 21 heavy (non-hydrogen) atoms. The first-order chi connectivity index (χ1) is 10.1. The number of nitrogens with two attached hydrogens (primary N) is 1. The summed E-state index contributed by atoms with van der Waals surface area (Å²) in [5.41, 5.74) is 7.21. The molecule has 0 unspecified atom stereocenters. The minimum absolute atomic E-state index is 0.747. The Balaban J connectivity index is 2.16. The minimum atomic E-state index is 0.747. The van der Waals surface area contributed by atoms with Crippen molar-refractivity contribution in [2.45, 2.75) is 13.8 Å². The number of hydrogen-bond acceptors (Lipinski definition) is 5. The highest BCUT2D eigenvalue weighted by atomic mass is 16.5.